The highest BCUT2D eigenvalue weighted by molar-refractivity contribution is 6.33. The molecule has 0 unspecified atom stereocenters. The molecule has 0 fully saturated rings. The highest BCUT2D eigenvalue weighted by atomic mass is 19.4. The fraction of sp³-hybridized carbons (Fsp3) is 0.222. The van der Waals surface area contributed by atoms with E-state index in [1.54, 1.807) is 20.8 Å². The van der Waals surface area contributed by atoms with Crippen LogP contribution in [0.15, 0.2) is 12.1 Å². The van der Waals surface area contributed by atoms with Crippen LogP contribution in [0.2, 0.25) is 0 Å². The number of aromatic nitrogens is 2. The minimum Gasteiger partial charge on any atom is -0.342 e. The smallest absolute Gasteiger partial charge is 0.342 e. The molecular weight excluding hydrogens is 204 g/mol. The topological polar surface area (TPSA) is 28.7 Å². The van der Waals surface area contributed by atoms with E-state index in [2.05, 4.69) is 9.97 Å². The number of rotatable bonds is 0. The van der Waals surface area contributed by atoms with E-state index in [9.17, 15) is 13.2 Å². The molecule has 2 nitrogen and oxygen atoms in total. The summed E-state index contributed by atoms with van der Waals surface area (Å²) in [6, 6.07) is 2.76. The maximum atomic E-state index is 12.7. The number of nitrogens with one attached hydrogen (secondary N) is 1. The van der Waals surface area contributed by atoms with Crippen molar-refractivity contribution in [3.8, 4) is 0 Å². The Morgan fingerprint density at radius 1 is 1.33 bits per heavy atom. The third-order valence-electron chi connectivity index (χ3n) is 2.16. The first-order valence-corrected chi connectivity index (χ1v) is 4.42. The summed E-state index contributed by atoms with van der Waals surface area (Å²) in [5, 5.41) is 0. The van der Waals surface area contributed by atoms with Gasteiger partial charge in [-0.25, -0.2) is 4.98 Å². The fourth-order valence-electron chi connectivity index (χ4n) is 1.60. The second kappa shape index (κ2) is 3.02. The molecule has 1 aromatic heterocycles. The zero-order valence-corrected chi connectivity index (χ0v) is 8.24. The van der Waals surface area contributed by atoms with Crippen molar-refractivity contribution in [3.05, 3.63) is 23.5 Å². The second-order valence-corrected chi connectivity index (χ2v) is 3.53. The van der Waals surface area contributed by atoms with Gasteiger partial charge in [0.2, 0.25) is 0 Å². The van der Waals surface area contributed by atoms with Crippen molar-refractivity contribution < 1.29 is 13.2 Å². The lowest BCUT2D eigenvalue weighted by Crippen LogP contribution is -2.12. The van der Waals surface area contributed by atoms with Crippen molar-refractivity contribution in [2.24, 2.45) is 0 Å². The third-order valence-corrected chi connectivity index (χ3v) is 2.16. The van der Waals surface area contributed by atoms with Gasteiger partial charge in [0.05, 0.1) is 16.6 Å². The molecule has 1 aromatic carbocycles. The van der Waals surface area contributed by atoms with Crippen LogP contribution in [-0.4, -0.2) is 17.8 Å². The van der Waals surface area contributed by atoms with Crippen LogP contribution in [-0.2, 0) is 6.18 Å². The predicted molar refractivity (Wildman–Crippen MR) is 54.0 cm³/mol. The van der Waals surface area contributed by atoms with Crippen LogP contribution in [0.4, 0.5) is 13.2 Å². The number of aryl methyl sites for hydroxylation is 1. The highest BCUT2D eigenvalue weighted by Gasteiger charge is 2.33. The zero-order valence-electron chi connectivity index (χ0n) is 8.24. The van der Waals surface area contributed by atoms with Crippen LogP contribution in [0, 0.1) is 6.92 Å². The lowest BCUT2D eigenvalue weighted by molar-refractivity contribution is -0.136. The molecule has 1 heterocycles. The Balaban J connectivity index is 2.82. The number of alkyl halides is 3. The van der Waals surface area contributed by atoms with Gasteiger partial charge in [0.1, 0.15) is 13.7 Å². The van der Waals surface area contributed by atoms with Crippen molar-refractivity contribution in [2.75, 3.05) is 0 Å². The molecule has 78 valence electrons. The molecule has 0 radical (unpaired) electrons. The largest absolute Gasteiger partial charge is 0.418 e. The van der Waals surface area contributed by atoms with Gasteiger partial charge in [-0.2, -0.15) is 13.2 Å². The molecule has 6 heteroatoms. The molecule has 0 amide bonds. The van der Waals surface area contributed by atoms with Crippen LogP contribution < -0.4 is 5.46 Å². The van der Waals surface area contributed by atoms with Crippen molar-refractivity contribution in [1.82, 2.24) is 9.97 Å². The molecule has 1 N–H and O–H groups in total. The van der Waals surface area contributed by atoms with E-state index in [0.717, 1.165) is 6.07 Å². The third kappa shape index (κ3) is 1.71. The van der Waals surface area contributed by atoms with E-state index in [-0.39, 0.29) is 5.52 Å². The van der Waals surface area contributed by atoms with E-state index in [4.69, 9.17) is 0 Å². The molecule has 2 rings (SSSR count). The van der Waals surface area contributed by atoms with Gasteiger partial charge < -0.3 is 4.98 Å². The number of hydrogen-bond acceptors (Lipinski definition) is 1. The summed E-state index contributed by atoms with van der Waals surface area (Å²) in [6.07, 6.45) is -4.34. The number of benzene rings is 1. The zero-order chi connectivity index (χ0) is 11.2. The molecule has 15 heavy (non-hydrogen) atoms. The Morgan fingerprint density at radius 2 is 2.00 bits per heavy atom. The summed E-state index contributed by atoms with van der Waals surface area (Å²) in [5.74, 6) is 0.487. The minimum absolute atomic E-state index is 0.0607. The van der Waals surface area contributed by atoms with Gasteiger partial charge >= 0.3 is 6.18 Å². The number of nitrogens with zero attached hydrogens (tertiary/aromatic N) is 1. The van der Waals surface area contributed by atoms with Crippen molar-refractivity contribution in [2.45, 2.75) is 13.1 Å². The SMILES string of the molecule is Bc1cc(C(F)(F)F)c2[nH]c(C)nc2c1. The lowest BCUT2D eigenvalue weighted by atomic mass is 9.93. The van der Waals surface area contributed by atoms with Gasteiger partial charge in [-0.05, 0) is 13.0 Å². The lowest BCUT2D eigenvalue weighted by Gasteiger charge is -2.08. The molecular formula is C9H8BF3N2. The molecule has 0 spiro atoms. The summed E-state index contributed by atoms with van der Waals surface area (Å²) < 4.78 is 38.0. The summed E-state index contributed by atoms with van der Waals surface area (Å²) in [6.45, 7) is 1.63. The van der Waals surface area contributed by atoms with Crippen molar-refractivity contribution in [1.29, 1.82) is 0 Å². The van der Waals surface area contributed by atoms with Crippen LogP contribution in [0.3, 0.4) is 0 Å². The Bertz CT molecular complexity index is 516. The number of hydrogen-bond donors (Lipinski definition) is 1. The molecule has 0 aliphatic heterocycles. The Kier molecular flexibility index (Phi) is 2.03. The Hall–Kier alpha value is -1.46. The van der Waals surface area contributed by atoms with E-state index in [0.29, 0.717) is 16.8 Å². The first kappa shape index (κ1) is 10.1. The number of fused-ring (bicyclic) bond motifs is 1. The van der Waals surface area contributed by atoms with Gasteiger partial charge in [-0.15, -0.1) is 0 Å². The van der Waals surface area contributed by atoms with Gasteiger partial charge in [-0.1, -0.05) is 11.5 Å². The predicted octanol–water partition coefficient (Wildman–Crippen LogP) is 1.15. The standard InChI is InChI=1S/C9H8BF3N2/c1-4-14-7-3-5(10)2-6(8(7)15-4)9(11,12)13/h2-3H,10H2,1H3,(H,14,15). The monoisotopic (exact) mass is 212 g/mol. The molecule has 0 saturated carbocycles. The average Bonchev–Trinajstić information content (AvgIpc) is 2.41. The van der Waals surface area contributed by atoms with Gasteiger partial charge in [0.25, 0.3) is 0 Å². The van der Waals surface area contributed by atoms with Crippen LogP contribution in [0.1, 0.15) is 11.4 Å². The molecule has 0 bridgehead atoms. The first-order valence-electron chi connectivity index (χ1n) is 4.42. The van der Waals surface area contributed by atoms with Crippen molar-refractivity contribution in [3.63, 3.8) is 0 Å². The van der Waals surface area contributed by atoms with Gasteiger partial charge in [0, 0.05) is 0 Å². The van der Waals surface area contributed by atoms with Gasteiger partial charge in [0.15, 0.2) is 0 Å². The molecule has 0 aliphatic carbocycles. The number of H-pyrrole nitrogens is 1. The average molecular weight is 212 g/mol. The summed E-state index contributed by atoms with van der Waals surface area (Å²) in [5.41, 5.74) is 0.324. The maximum Gasteiger partial charge on any atom is 0.418 e. The van der Waals surface area contributed by atoms with E-state index in [1.807, 2.05) is 0 Å². The van der Waals surface area contributed by atoms with E-state index in [1.165, 1.54) is 0 Å². The second-order valence-electron chi connectivity index (χ2n) is 3.53. The number of aromatic amines is 1. The Morgan fingerprint density at radius 3 is 2.60 bits per heavy atom. The summed E-state index contributed by atoms with van der Waals surface area (Å²) in [4.78, 5) is 6.62. The summed E-state index contributed by atoms with van der Waals surface area (Å²) >= 11 is 0. The molecule has 0 saturated heterocycles. The number of imidazole rings is 1. The minimum atomic E-state index is -4.34. The Labute approximate surface area is 84.9 Å². The van der Waals surface area contributed by atoms with Crippen LogP contribution in [0.25, 0.3) is 11.0 Å². The van der Waals surface area contributed by atoms with Gasteiger partial charge in [-0.3, -0.25) is 0 Å². The molecule has 2 aromatic rings. The maximum absolute atomic E-state index is 12.7. The van der Waals surface area contributed by atoms with Crippen molar-refractivity contribution >= 4 is 24.3 Å². The fourth-order valence-corrected chi connectivity index (χ4v) is 1.60. The van der Waals surface area contributed by atoms with Crippen LogP contribution >= 0.6 is 0 Å². The quantitative estimate of drug-likeness (QED) is 0.652. The number of halogens is 3. The normalized spacial score (nSPS) is 12.3. The molecule has 0 aliphatic rings. The first-order chi connectivity index (χ1) is 6.88. The highest BCUT2D eigenvalue weighted by Crippen LogP contribution is 2.33. The molecule has 0 atom stereocenters. The summed E-state index contributed by atoms with van der Waals surface area (Å²) in [7, 11) is 1.62. The van der Waals surface area contributed by atoms with E-state index >= 15 is 0 Å². The van der Waals surface area contributed by atoms with E-state index < -0.39 is 11.7 Å². The van der Waals surface area contributed by atoms with Crippen LogP contribution in [0.5, 0.6) is 0 Å².